The standard InChI is InChI=1S/C28H21N5O4/c1-32-15-22(17-10-12-18(13-11-17)33(36)37)27(16-29,25(34)20-14-30-23-8-4-2-6-19(20)23)28(32)21-7-3-5-9-24(21)31-26(28)35/h2-14,22,30H,15H2,1H3,(H,31,35)/t22-,27+,28-/m0/s1. The molecule has 3 aromatic carbocycles. The maximum absolute atomic E-state index is 14.7. The lowest BCUT2D eigenvalue weighted by Crippen LogP contribution is -2.58. The molecule has 9 heteroatoms. The highest BCUT2D eigenvalue weighted by Gasteiger charge is 2.74. The number of amides is 1. The first kappa shape index (κ1) is 22.6. The van der Waals surface area contributed by atoms with E-state index in [4.69, 9.17) is 0 Å². The van der Waals surface area contributed by atoms with Gasteiger partial charge in [-0.25, -0.2) is 0 Å². The van der Waals surface area contributed by atoms with Crippen molar-refractivity contribution in [2.24, 2.45) is 5.41 Å². The number of fused-ring (bicyclic) bond motifs is 3. The number of H-pyrrole nitrogens is 1. The first-order valence-electron chi connectivity index (χ1n) is 11.7. The van der Waals surface area contributed by atoms with E-state index in [0.717, 1.165) is 5.52 Å². The number of hydrogen-bond donors (Lipinski definition) is 2. The third-order valence-corrected chi connectivity index (χ3v) is 7.89. The summed E-state index contributed by atoms with van der Waals surface area (Å²) in [7, 11) is 1.74. The highest BCUT2D eigenvalue weighted by Crippen LogP contribution is 2.63. The highest BCUT2D eigenvalue weighted by molar-refractivity contribution is 6.18. The zero-order valence-electron chi connectivity index (χ0n) is 19.8. The number of hydrogen-bond acceptors (Lipinski definition) is 6. The Hall–Kier alpha value is -4.81. The normalized spacial score (nSPS) is 24.6. The Balaban J connectivity index is 1.66. The largest absolute Gasteiger partial charge is 0.360 e. The van der Waals surface area contributed by atoms with Crippen LogP contribution in [0.25, 0.3) is 10.9 Å². The Bertz CT molecular complexity index is 1650. The fourth-order valence-corrected chi connectivity index (χ4v) is 6.30. The Kier molecular flexibility index (Phi) is 4.80. The topological polar surface area (TPSA) is 132 Å². The first-order valence-corrected chi connectivity index (χ1v) is 11.7. The molecule has 1 saturated heterocycles. The molecule has 6 rings (SSSR count). The van der Waals surface area contributed by atoms with E-state index in [2.05, 4.69) is 16.4 Å². The number of aromatic nitrogens is 1. The number of nitro groups is 1. The van der Waals surface area contributed by atoms with Gasteiger partial charge < -0.3 is 10.3 Å². The fourth-order valence-electron chi connectivity index (χ4n) is 6.30. The number of likely N-dealkylation sites (tertiary alicyclic amines) is 1. The van der Waals surface area contributed by atoms with Gasteiger partial charge in [-0.3, -0.25) is 24.6 Å². The summed E-state index contributed by atoms with van der Waals surface area (Å²) >= 11 is 0. The molecule has 3 atom stereocenters. The number of nitrogens with one attached hydrogen (secondary N) is 2. The van der Waals surface area contributed by atoms with Gasteiger partial charge in [0, 0.05) is 58.5 Å². The summed E-state index contributed by atoms with van der Waals surface area (Å²) in [5.41, 5.74) is -0.851. The minimum absolute atomic E-state index is 0.0979. The number of Topliss-reactive ketones (excluding diaryl/α,β-unsaturated/α-hetero) is 1. The van der Waals surface area contributed by atoms with Crippen LogP contribution in [0.2, 0.25) is 0 Å². The lowest BCUT2D eigenvalue weighted by atomic mass is 9.58. The van der Waals surface area contributed by atoms with Gasteiger partial charge in [-0.2, -0.15) is 5.26 Å². The number of non-ortho nitro benzene ring substituents is 1. The van der Waals surface area contributed by atoms with Crippen LogP contribution in [-0.4, -0.2) is 40.1 Å². The van der Waals surface area contributed by atoms with Crippen LogP contribution in [0.4, 0.5) is 11.4 Å². The average Bonchev–Trinajstić information content (AvgIpc) is 3.56. The molecule has 0 bridgehead atoms. The number of nitrogens with zero attached hydrogens (tertiary/aromatic N) is 3. The minimum atomic E-state index is -1.88. The summed E-state index contributed by atoms with van der Waals surface area (Å²) in [6.45, 7) is 0.210. The monoisotopic (exact) mass is 491 g/mol. The van der Waals surface area contributed by atoms with Crippen LogP contribution < -0.4 is 5.32 Å². The molecule has 1 spiro atoms. The second-order valence-electron chi connectivity index (χ2n) is 9.49. The number of benzene rings is 3. The number of rotatable bonds is 4. The predicted molar refractivity (Wildman–Crippen MR) is 136 cm³/mol. The number of carbonyl (C=O) groups excluding carboxylic acids is 2. The maximum atomic E-state index is 14.7. The van der Waals surface area contributed by atoms with Crippen molar-refractivity contribution in [1.29, 1.82) is 5.26 Å². The molecule has 2 aliphatic rings. The Morgan fingerprint density at radius 1 is 1.11 bits per heavy atom. The Morgan fingerprint density at radius 2 is 1.81 bits per heavy atom. The van der Waals surface area contributed by atoms with Gasteiger partial charge in [0.1, 0.15) is 0 Å². The summed E-state index contributed by atoms with van der Waals surface area (Å²) < 4.78 is 0. The molecule has 0 aliphatic carbocycles. The Morgan fingerprint density at radius 3 is 2.54 bits per heavy atom. The molecule has 1 aromatic heterocycles. The van der Waals surface area contributed by atoms with Crippen molar-refractivity contribution in [2.75, 3.05) is 18.9 Å². The number of likely N-dealkylation sites (N-methyl/N-ethyl adjacent to an activating group) is 1. The molecule has 2 N–H and O–H groups in total. The lowest BCUT2D eigenvalue weighted by molar-refractivity contribution is -0.384. The van der Waals surface area contributed by atoms with E-state index >= 15 is 0 Å². The van der Waals surface area contributed by atoms with Crippen molar-refractivity contribution >= 4 is 34.0 Å². The number of ketones is 1. The minimum Gasteiger partial charge on any atom is -0.360 e. The SMILES string of the molecule is CN1C[C@@H](c2ccc([N+](=O)[O-])cc2)[C@](C#N)(C(=O)c2c[nH]c3ccccc23)[C@]12C(=O)Nc1ccccc12. The molecule has 0 unspecified atom stereocenters. The molecule has 9 nitrogen and oxygen atoms in total. The molecule has 1 fully saturated rings. The van der Waals surface area contributed by atoms with Crippen LogP contribution in [0.1, 0.15) is 27.4 Å². The third kappa shape index (κ3) is 2.76. The van der Waals surface area contributed by atoms with Crippen molar-refractivity contribution < 1.29 is 14.5 Å². The zero-order chi connectivity index (χ0) is 25.9. The molecule has 0 saturated carbocycles. The van der Waals surface area contributed by atoms with Gasteiger partial charge in [0.2, 0.25) is 0 Å². The maximum Gasteiger partial charge on any atom is 0.269 e. The van der Waals surface area contributed by atoms with Crippen LogP contribution in [0.15, 0.2) is 79.0 Å². The second-order valence-corrected chi connectivity index (χ2v) is 9.49. The first-order chi connectivity index (χ1) is 17.9. The van der Waals surface area contributed by atoms with E-state index in [-0.39, 0.29) is 12.2 Å². The molecule has 37 heavy (non-hydrogen) atoms. The number of nitriles is 1. The number of aromatic amines is 1. The summed E-state index contributed by atoms with van der Waals surface area (Å²) in [6, 6.07) is 22.6. The number of carbonyl (C=O) groups is 2. The summed E-state index contributed by atoms with van der Waals surface area (Å²) in [4.78, 5) is 44.3. The van der Waals surface area contributed by atoms with Gasteiger partial charge >= 0.3 is 0 Å². The number of nitro benzene ring substituents is 1. The summed E-state index contributed by atoms with van der Waals surface area (Å²) in [5.74, 6) is -1.68. The van der Waals surface area contributed by atoms with Crippen molar-refractivity contribution in [3.8, 4) is 6.07 Å². The zero-order valence-corrected chi connectivity index (χ0v) is 19.8. The molecule has 2 aliphatic heterocycles. The van der Waals surface area contributed by atoms with E-state index in [1.54, 1.807) is 60.6 Å². The second kappa shape index (κ2) is 7.85. The third-order valence-electron chi connectivity index (χ3n) is 7.89. The van der Waals surface area contributed by atoms with Crippen LogP contribution >= 0.6 is 0 Å². The van der Waals surface area contributed by atoms with E-state index in [0.29, 0.717) is 27.8 Å². The van der Waals surface area contributed by atoms with Gasteiger partial charge in [0.05, 0.1) is 11.0 Å². The lowest BCUT2D eigenvalue weighted by Gasteiger charge is -2.41. The van der Waals surface area contributed by atoms with E-state index < -0.39 is 33.5 Å². The van der Waals surface area contributed by atoms with Gasteiger partial charge in [-0.15, -0.1) is 0 Å². The average molecular weight is 492 g/mol. The van der Waals surface area contributed by atoms with Crippen LogP contribution in [-0.2, 0) is 10.3 Å². The molecule has 4 aromatic rings. The molecular formula is C28H21N5O4. The highest BCUT2D eigenvalue weighted by atomic mass is 16.6. The van der Waals surface area contributed by atoms with Crippen molar-refractivity contribution in [3.63, 3.8) is 0 Å². The molecular weight excluding hydrogens is 470 g/mol. The van der Waals surface area contributed by atoms with Gasteiger partial charge in [0.25, 0.3) is 11.6 Å². The number of anilines is 1. The quantitative estimate of drug-likeness (QED) is 0.248. The van der Waals surface area contributed by atoms with E-state index in [1.807, 2.05) is 18.2 Å². The van der Waals surface area contributed by atoms with E-state index in [1.165, 1.54) is 12.1 Å². The summed E-state index contributed by atoms with van der Waals surface area (Å²) in [6.07, 6.45) is 1.59. The van der Waals surface area contributed by atoms with Crippen LogP contribution in [0, 0.1) is 26.9 Å². The molecule has 3 heterocycles. The molecule has 182 valence electrons. The van der Waals surface area contributed by atoms with Crippen molar-refractivity contribution in [3.05, 3.63) is 106 Å². The molecule has 0 radical (unpaired) electrons. The molecule has 1 amide bonds. The van der Waals surface area contributed by atoms with Crippen molar-refractivity contribution in [1.82, 2.24) is 9.88 Å². The van der Waals surface area contributed by atoms with Crippen LogP contribution in [0.5, 0.6) is 0 Å². The number of para-hydroxylation sites is 2. The van der Waals surface area contributed by atoms with Gasteiger partial charge in [-0.1, -0.05) is 48.5 Å². The van der Waals surface area contributed by atoms with E-state index in [9.17, 15) is 25.0 Å². The van der Waals surface area contributed by atoms with Crippen LogP contribution in [0.3, 0.4) is 0 Å². The van der Waals surface area contributed by atoms with Gasteiger partial charge in [-0.05, 0) is 24.7 Å². The van der Waals surface area contributed by atoms with Gasteiger partial charge in [0.15, 0.2) is 16.7 Å². The smallest absolute Gasteiger partial charge is 0.269 e. The fraction of sp³-hybridized carbons (Fsp3) is 0.179. The summed E-state index contributed by atoms with van der Waals surface area (Å²) in [5, 5.41) is 25.9. The van der Waals surface area contributed by atoms with Crippen molar-refractivity contribution in [2.45, 2.75) is 11.5 Å². The Labute approximate surface area is 211 Å². The predicted octanol–water partition coefficient (Wildman–Crippen LogP) is 4.35.